The van der Waals surface area contributed by atoms with E-state index in [9.17, 15) is 0 Å². The Morgan fingerprint density at radius 2 is 1.45 bits per heavy atom. The van der Waals surface area contributed by atoms with Crippen molar-refractivity contribution in [1.82, 2.24) is 0 Å². The van der Waals surface area contributed by atoms with Gasteiger partial charge in [-0.05, 0) is 42.7 Å². The normalized spacial score (nSPS) is 11.8. The van der Waals surface area contributed by atoms with Gasteiger partial charge in [-0.3, -0.25) is 0 Å². The van der Waals surface area contributed by atoms with E-state index >= 15 is 0 Å². The van der Waals surface area contributed by atoms with Crippen molar-refractivity contribution in [3.63, 3.8) is 0 Å². The molecule has 0 aromatic heterocycles. The predicted molar refractivity (Wildman–Crippen MR) is 103 cm³/mol. The van der Waals surface area contributed by atoms with E-state index in [1.807, 2.05) is 11.8 Å². The van der Waals surface area contributed by atoms with E-state index in [1.54, 1.807) is 4.91 Å². The number of hydrogen-bond acceptors (Lipinski definition) is 1. The van der Waals surface area contributed by atoms with Crippen LogP contribution in [0.25, 0.3) is 0 Å². The van der Waals surface area contributed by atoms with Gasteiger partial charge < -0.3 is 0 Å². The summed E-state index contributed by atoms with van der Waals surface area (Å²) in [6.45, 7) is 4.57. The number of rotatable bonds is 13. The van der Waals surface area contributed by atoms with Crippen molar-refractivity contribution < 1.29 is 0 Å². The zero-order valence-corrected chi connectivity index (χ0v) is 15.5. The van der Waals surface area contributed by atoms with Crippen molar-refractivity contribution in [1.29, 1.82) is 0 Å². The molecule has 0 aliphatic heterocycles. The fraction of sp³-hybridized carbons (Fsp3) is 0.619. The second-order valence-electron chi connectivity index (χ2n) is 6.10. The zero-order chi connectivity index (χ0) is 15.9. The molecular weight excluding hydrogens is 284 g/mol. The Morgan fingerprint density at radius 3 is 2.18 bits per heavy atom. The van der Waals surface area contributed by atoms with Crippen LogP contribution in [0.5, 0.6) is 0 Å². The van der Waals surface area contributed by atoms with Crippen LogP contribution >= 0.6 is 11.8 Å². The molecule has 0 N–H and O–H groups in total. The predicted octanol–water partition coefficient (Wildman–Crippen LogP) is 7.99. The molecule has 0 aliphatic carbocycles. The molecule has 0 radical (unpaired) electrons. The molecule has 0 aliphatic rings. The molecule has 1 rings (SSSR count). The van der Waals surface area contributed by atoms with Crippen LogP contribution in [0.15, 0.2) is 46.2 Å². The second-order valence-corrected chi connectivity index (χ2v) is 7.30. The molecule has 124 valence electrons. The van der Waals surface area contributed by atoms with Crippen LogP contribution in [0.2, 0.25) is 0 Å². The first-order valence-corrected chi connectivity index (χ1v) is 10.1. The lowest BCUT2D eigenvalue weighted by Gasteiger charge is -2.08. The van der Waals surface area contributed by atoms with E-state index in [4.69, 9.17) is 0 Å². The molecule has 0 saturated carbocycles. The van der Waals surface area contributed by atoms with Gasteiger partial charge in [0.25, 0.3) is 0 Å². The van der Waals surface area contributed by atoms with Gasteiger partial charge in [0, 0.05) is 4.90 Å². The van der Waals surface area contributed by atoms with Crippen LogP contribution in [-0.4, -0.2) is 0 Å². The van der Waals surface area contributed by atoms with Crippen molar-refractivity contribution in [3.05, 3.63) is 41.3 Å². The molecule has 0 fully saturated rings. The topological polar surface area (TPSA) is 0 Å². The minimum absolute atomic E-state index is 1.25. The van der Waals surface area contributed by atoms with E-state index in [2.05, 4.69) is 50.3 Å². The highest BCUT2D eigenvalue weighted by molar-refractivity contribution is 8.03. The van der Waals surface area contributed by atoms with Gasteiger partial charge in [0.15, 0.2) is 0 Å². The van der Waals surface area contributed by atoms with Gasteiger partial charge in [0.05, 0.1) is 0 Å². The first-order chi connectivity index (χ1) is 10.9. The lowest BCUT2D eigenvalue weighted by Crippen LogP contribution is -1.83. The van der Waals surface area contributed by atoms with E-state index in [0.29, 0.717) is 0 Å². The van der Waals surface area contributed by atoms with Crippen molar-refractivity contribution in [2.75, 3.05) is 0 Å². The van der Waals surface area contributed by atoms with E-state index < -0.39 is 0 Å². The molecule has 0 unspecified atom stereocenters. The third-order valence-electron chi connectivity index (χ3n) is 3.95. The number of hydrogen-bond donors (Lipinski definition) is 0. The van der Waals surface area contributed by atoms with Gasteiger partial charge in [-0.15, -0.1) is 0 Å². The summed E-state index contributed by atoms with van der Waals surface area (Å²) in [5.74, 6) is 0. The Labute approximate surface area is 142 Å². The van der Waals surface area contributed by atoms with Crippen LogP contribution in [0.3, 0.4) is 0 Å². The number of thioether (sulfide) groups is 1. The Morgan fingerprint density at radius 1 is 0.818 bits per heavy atom. The molecule has 0 spiro atoms. The average Bonchev–Trinajstić information content (AvgIpc) is 2.55. The van der Waals surface area contributed by atoms with Gasteiger partial charge in [-0.25, -0.2) is 0 Å². The Balaban J connectivity index is 2.34. The highest BCUT2D eigenvalue weighted by Gasteiger charge is 2.01. The van der Waals surface area contributed by atoms with Crippen molar-refractivity contribution in [2.24, 2.45) is 0 Å². The maximum Gasteiger partial charge on any atom is 0.0118 e. The zero-order valence-electron chi connectivity index (χ0n) is 14.7. The molecule has 22 heavy (non-hydrogen) atoms. The Hall–Kier alpha value is -0.690. The van der Waals surface area contributed by atoms with Crippen LogP contribution in [-0.2, 0) is 0 Å². The fourth-order valence-corrected chi connectivity index (χ4v) is 3.62. The highest BCUT2D eigenvalue weighted by Crippen LogP contribution is 2.30. The van der Waals surface area contributed by atoms with Gasteiger partial charge in [-0.1, -0.05) is 94.8 Å². The first kappa shape index (κ1) is 19.4. The minimum atomic E-state index is 1.25. The van der Waals surface area contributed by atoms with Crippen molar-refractivity contribution >= 4 is 11.8 Å². The first-order valence-electron chi connectivity index (χ1n) is 9.28. The molecule has 0 saturated heterocycles. The SMILES string of the molecule is CCCCCCCC/C=C(/CCCCC)Sc1ccccc1. The summed E-state index contributed by atoms with van der Waals surface area (Å²) in [6.07, 6.45) is 17.3. The van der Waals surface area contributed by atoms with Gasteiger partial charge in [0.1, 0.15) is 0 Å². The molecule has 0 atom stereocenters. The lowest BCUT2D eigenvalue weighted by molar-refractivity contribution is 0.610. The summed E-state index contributed by atoms with van der Waals surface area (Å²) < 4.78 is 0. The monoisotopic (exact) mass is 318 g/mol. The lowest BCUT2D eigenvalue weighted by atomic mass is 10.1. The molecule has 0 amide bonds. The third kappa shape index (κ3) is 10.1. The molecule has 1 aromatic carbocycles. The third-order valence-corrected chi connectivity index (χ3v) is 5.09. The quantitative estimate of drug-likeness (QED) is 0.262. The van der Waals surface area contributed by atoms with Crippen LogP contribution in [0.4, 0.5) is 0 Å². The number of allylic oxidation sites excluding steroid dienone is 2. The summed E-state index contributed by atoms with van der Waals surface area (Å²) in [5.41, 5.74) is 0. The van der Waals surface area contributed by atoms with Gasteiger partial charge >= 0.3 is 0 Å². The maximum atomic E-state index is 2.51. The molecular formula is C21H34S. The highest BCUT2D eigenvalue weighted by atomic mass is 32.2. The summed E-state index contributed by atoms with van der Waals surface area (Å²) in [4.78, 5) is 2.96. The Kier molecular flexibility index (Phi) is 12.3. The van der Waals surface area contributed by atoms with Crippen LogP contribution in [0.1, 0.15) is 84.5 Å². The van der Waals surface area contributed by atoms with Crippen LogP contribution < -0.4 is 0 Å². The average molecular weight is 319 g/mol. The number of benzene rings is 1. The van der Waals surface area contributed by atoms with E-state index in [-0.39, 0.29) is 0 Å². The van der Waals surface area contributed by atoms with E-state index in [1.165, 1.54) is 75.5 Å². The smallest absolute Gasteiger partial charge is 0.0118 e. The summed E-state index contributed by atoms with van der Waals surface area (Å²) in [6, 6.07) is 10.8. The Bertz CT molecular complexity index is 380. The molecule has 0 bridgehead atoms. The summed E-state index contributed by atoms with van der Waals surface area (Å²) in [7, 11) is 0. The van der Waals surface area contributed by atoms with Gasteiger partial charge in [0.2, 0.25) is 0 Å². The van der Waals surface area contributed by atoms with Crippen molar-refractivity contribution in [3.8, 4) is 0 Å². The summed E-state index contributed by atoms with van der Waals surface area (Å²) >= 11 is 1.97. The van der Waals surface area contributed by atoms with Crippen molar-refractivity contribution in [2.45, 2.75) is 89.4 Å². The van der Waals surface area contributed by atoms with E-state index in [0.717, 1.165) is 0 Å². The largest absolute Gasteiger partial charge is 0.0949 e. The standard InChI is InChI=1S/C21H34S/c1-3-5-7-8-9-10-13-17-20(16-12-6-4-2)22-21-18-14-11-15-19-21/h11,14-15,17-19H,3-10,12-13,16H2,1-2H3/b20-17-. The van der Waals surface area contributed by atoms with Gasteiger partial charge in [-0.2, -0.15) is 0 Å². The number of unbranched alkanes of at least 4 members (excludes halogenated alkanes) is 8. The molecule has 0 nitrogen and oxygen atoms in total. The molecule has 1 heteroatoms. The minimum Gasteiger partial charge on any atom is -0.0949 e. The second kappa shape index (κ2) is 13.9. The summed E-state index contributed by atoms with van der Waals surface area (Å²) in [5, 5.41) is 0. The molecule has 0 heterocycles. The maximum absolute atomic E-state index is 2.51. The van der Waals surface area contributed by atoms with Crippen LogP contribution in [0, 0.1) is 0 Å². The fourth-order valence-electron chi connectivity index (χ4n) is 2.57. The molecule has 1 aromatic rings.